The molecule has 0 radical (unpaired) electrons. The second kappa shape index (κ2) is 9.03. The third-order valence-electron chi connectivity index (χ3n) is 3.60. The summed E-state index contributed by atoms with van der Waals surface area (Å²) >= 11 is 0. The largest absolute Gasteiger partial charge is 0.489 e. The van der Waals surface area contributed by atoms with Crippen molar-refractivity contribution in [3.05, 3.63) is 59.9 Å². The number of rotatable bonds is 8. The highest BCUT2D eigenvalue weighted by atomic mass is 19.1. The minimum absolute atomic E-state index is 0.0864. The van der Waals surface area contributed by atoms with Gasteiger partial charge in [0, 0.05) is 12.2 Å². The minimum Gasteiger partial charge on any atom is -0.489 e. The van der Waals surface area contributed by atoms with E-state index < -0.39 is 0 Å². The van der Waals surface area contributed by atoms with E-state index in [4.69, 9.17) is 4.74 Å². The second-order valence-electron chi connectivity index (χ2n) is 5.62. The fourth-order valence-electron chi connectivity index (χ4n) is 2.27. The molecule has 0 aliphatic carbocycles. The molecule has 0 atom stereocenters. The van der Waals surface area contributed by atoms with Crippen LogP contribution in [0.15, 0.2) is 48.5 Å². The summed E-state index contributed by atoms with van der Waals surface area (Å²) in [5.41, 5.74) is 1.98. The molecule has 4 nitrogen and oxygen atoms in total. The van der Waals surface area contributed by atoms with Crippen molar-refractivity contribution in [3.8, 4) is 5.75 Å². The second-order valence-corrected chi connectivity index (χ2v) is 5.62. The molecule has 0 aliphatic heterocycles. The standard InChI is InChI=1S/C19H23FN2O2/c1-3-15-7-6-8-16(13-15)21-19(23)14-22(2)11-12-24-18-10-5-4-9-17(18)20/h4-10,13H,3,11-12,14H2,1-2H3,(H,21,23). The fourth-order valence-corrected chi connectivity index (χ4v) is 2.27. The van der Waals surface area contributed by atoms with Crippen molar-refractivity contribution in [3.63, 3.8) is 0 Å². The lowest BCUT2D eigenvalue weighted by molar-refractivity contribution is -0.117. The van der Waals surface area contributed by atoms with Crippen molar-refractivity contribution >= 4 is 11.6 Å². The molecule has 0 fully saturated rings. The molecule has 5 heteroatoms. The molecule has 2 aromatic carbocycles. The van der Waals surface area contributed by atoms with Crippen LogP contribution >= 0.6 is 0 Å². The lowest BCUT2D eigenvalue weighted by Crippen LogP contribution is -2.33. The highest BCUT2D eigenvalue weighted by molar-refractivity contribution is 5.92. The monoisotopic (exact) mass is 330 g/mol. The summed E-state index contributed by atoms with van der Waals surface area (Å²) in [6.45, 7) is 3.16. The van der Waals surface area contributed by atoms with E-state index in [0.29, 0.717) is 13.2 Å². The smallest absolute Gasteiger partial charge is 0.238 e. The maximum Gasteiger partial charge on any atom is 0.238 e. The van der Waals surface area contributed by atoms with Crippen LogP contribution in [0.4, 0.5) is 10.1 Å². The first-order valence-electron chi connectivity index (χ1n) is 8.03. The number of benzene rings is 2. The molecular weight excluding hydrogens is 307 g/mol. The zero-order valence-corrected chi connectivity index (χ0v) is 14.1. The molecule has 0 spiro atoms. The number of aryl methyl sites for hydroxylation is 1. The van der Waals surface area contributed by atoms with E-state index in [1.54, 1.807) is 18.2 Å². The van der Waals surface area contributed by atoms with E-state index >= 15 is 0 Å². The number of anilines is 1. The van der Waals surface area contributed by atoms with Gasteiger partial charge in [-0.1, -0.05) is 31.2 Å². The topological polar surface area (TPSA) is 41.6 Å². The van der Waals surface area contributed by atoms with Crippen LogP contribution in [0, 0.1) is 5.82 Å². The number of amides is 1. The maximum absolute atomic E-state index is 13.4. The first kappa shape index (κ1) is 17.9. The summed E-state index contributed by atoms with van der Waals surface area (Å²) < 4.78 is 18.8. The number of ether oxygens (including phenoxy) is 1. The van der Waals surface area contributed by atoms with Gasteiger partial charge in [0.15, 0.2) is 11.6 Å². The van der Waals surface area contributed by atoms with Crippen LogP contribution in [0.5, 0.6) is 5.75 Å². The molecule has 0 heterocycles. The third-order valence-corrected chi connectivity index (χ3v) is 3.60. The normalized spacial score (nSPS) is 10.7. The Morgan fingerprint density at radius 1 is 1.21 bits per heavy atom. The van der Waals surface area contributed by atoms with Gasteiger partial charge >= 0.3 is 0 Å². The number of nitrogens with zero attached hydrogens (tertiary/aromatic N) is 1. The van der Waals surface area contributed by atoms with E-state index in [9.17, 15) is 9.18 Å². The van der Waals surface area contributed by atoms with Gasteiger partial charge in [0.25, 0.3) is 0 Å². The molecule has 0 aromatic heterocycles. The summed E-state index contributed by atoms with van der Waals surface area (Å²) in [5.74, 6) is -0.239. The first-order valence-corrected chi connectivity index (χ1v) is 8.03. The van der Waals surface area contributed by atoms with Crippen LogP contribution in [0.2, 0.25) is 0 Å². The lowest BCUT2D eigenvalue weighted by atomic mass is 10.1. The van der Waals surface area contributed by atoms with Gasteiger partial charge in [0.2, 0.25) is 5.91 Å². The Bertz CT molecular complexity index is 676. The first-order chi connectivity index (χ1) is 11.6. The predicted molar refractivity (Wildman–Crippen MR) is 93.8 cm³/mol. The van der Waals surface area contributed by atoms with Gasteiger partial charge in [0.05, 0.1) is 6.54 Å². The van der Waals surface area contributed by atoms with E-state index in [1.165, 1.54) is 11.6 Å². The molecule has 1 N–H and O–H groups in total. The van der Waals surface area contributed by atoms with E-state index in [-0.39, 0.29) is 24.0 Å². The Kier molecular flexibility index (Phi) is 6.75. The molecule has 0 saturated carbocycles. The minimum atomic E-state index is -0.381. The molecule has 0 unspecified atom stereocenters. The van der Waals surface area contributed by atoms with E-state index in [0.717, 1.165) is 12.1 Å². The van der Waals surface area contributed by atoms with Gasteiger partial charge < -0.3 is 10.1 Å². The van der Waals surface area contributed by atoms with Gasteiger partial charge in [-0.15, -0.1) is 0 Å². The number of likely N-dealkylation sites (N-methyl/N-ethyl adjacent to an activating group) is 1. The number of carbonyl (C=O) groups is 1. The zero-order chi connectivity index (χ0) is 17.4. The Morgan fingerprint density at radius 3 is 2.75 bits per heavy atom. The van der Waals surface area contributed by atoms with Crippen molar-refractivity contribution < 1.29 is 13.9 Å². The summed E-state index contributed by atoms with van der Waals surface area (Å²) in [4.78, 5) is 13.9. The Balaban J connectivity index is 1.74. The molecule has 0 bridgehead atoms. The average Bonchev–Trinajstić information content (AvgIpc) is 2.56. The summed E-state index contributed by atoms with van der Waals surface area (Å²) in [6.07, 6.45) is 0.928. The Hall–Kier alpha value is -2.40. The van der Waals surface area contributed by atoms with Crippen LogP contribution in [0.1, 0.15) is 12.5 Å². The van der Waals surface area contributed by atoms with Gasteiger partial charge in [0.1, 0.15) is 6.61 Å². The highest BCUT2D eigenvalue weighted by Crippen LogP contribution is 2.15. The number of para-hydroxylation sites is 1. The van der Waals surface area contributed by atoms with Gasteiger partial charge in [-0.25, -0.2) is 4.39 Å². The average molecular weight is 330 g/mol. The number of nitrogens with one attached hydrogen (secondary N) is 1. The van der Waals surface area contributed by atoms with E-state index in [2.05, 4.69) is 12.2 Å². The molecular formula is C19H23FN2O2. The molecule has 2 rings (SSSR count). The van der Waals surface area contributed by atoms with Crippen LogP contribution in [-0.2, 0) is 11.2 Å². The van der Waals surface area contributed by atoms with Crippen molar-refractivity contribution in [1.29, 1.82) is 0 Å². The number of carbonyl (C=O) groups excluding carboxylic acids is 1. The van der Waals surface area contributed by atoms with Gasteiger partial charge in [-0.2, -0.15) is 0 Å². The molecule has 2 aromatic rings. The summed E-state index contributed by atoms with van der Waals surface area (Å²) in [7, 11) is 1.83. The maximum atomic E-state index is 13.4. The number of hydrogen-bond acceptors (Lipinski definition) is 3. The lowest BCUT2D eigenvalue weighted by Gasteiger charge is -2.17. The van der Waals surface area contributed by atoms with Crippen molar-refractivity contribution in [2.24, 2.45) is 0 Å². The van der Waals surface area contributed by atoms with Crippen LogP contribution in [-0.4, -0.2) is 37.6 Å². The molecule has 1 amide bonds. The predicted octanol–water partition coefficient (Wildman–Crippen LogP) is 3.34. The van der Waals surface area contributed by atoms with Crippen molar-refractivity contribution in [2.45, 2.75) is 13.3 Å². The van der Waals surface area contributed by atoms with Gasteiger partial charge in [-0.3, -0.25) is 9.69 Å². The third kappa shape index (κ3) is 5.66. The molecule has 24 heavy (non-hydrogen) atoms. The SMILES string of the molecule is CCc1cccc(NC(=O)CN(C)CCOc2ccccc2F)c1. The number of halogens is 1. The van der Waals surface area contributed by atoms with Crippen LogP contribution in [0.3, 0.4) is 0 Å². The Labute approximate surface area is 142 Å². The van der Waals surface area contributed by atoms with Crippen LogP contribution < -0.4 is 10.1 Å². The van der Waals surface area contributed by atoms with Crippen molar-refractivity contribution in [2.75, 3.05) is 32.1 Å². The van der Waals surface area contributed by atoms with Crippen molar-refractivity contribution in [1.82, 2.24) is 4.90 Å². The molecule has 128 valence electrons. The zero-order valence-electron chi connectivity index (χ0n) is 14.1. The molecule has 0 saturated heterocycles. The van der Waals surface area contributed by atoms with Gasteiger partial charge in [-0.05, 0) is 43.3 Å². The highest BCUT2D eigenvalue weighted by Gasteiger charge is 2.08. The van der Waals surface area contributed by atoms with Crippen LogP contribution in [0.25, 0.3) is 0 Å². The van der Waals surface area contributed by atoms with E-state index in [1.807, 2.05) is 36.2 Å². The fraction of sp³-hybridized carbons (Fsp3) is 0.316. The molecule has 0 aliphatic rings. The summed E-state index contributed by atoms with van der Waals surface area (Å²) in [6, 6.07) is 14.1. The quantitative estimate of drug-likeness (QED) is 0.807. The summed E-state index contributed by atoms with van der Waals surface area (Å²) in [5, 5.41) is 2.88. The number of hydrogen-bond donors (Lipinski definition) is 1. The Morgan fingerprint density at radius 2 is 2.00 bits per heavy atom.